The molecule has 3 amide bonds. The van der Waals surface area contributed by atoms with Gasteiger partial charge in [0, 0.05) is 46.3 Å². The van der Waals surface area contributed by atoms with Gasteiger partial charge >= 0.3 is 0 Å². The van der Waals surface area contributed by atoms with Gasteiger partial charge in [-0.3, -0.25) is 24.5 Å². The number of hydrogen-bond donors (Lipinski definition) is 2. The van der Waals surface area contributed by atoms with Crippen LogP contribution in [0.2, 0.25) is 5.02 Å². The van der Waals surface area contributed by atoms with Gasteiger partial charge in [0.1, 0.15) is 0 Å². The van der Waals surface area contributed by atoms with Crippen molar-refractivity contribution in [2.45, 2.75) is 27.2 Å². The maximum absolute atomic E-state index is 12.8. The number of benzene rings is 2. The summed E-state index contributed by atoms with van der Waals surface area (Å²) in [4.78, 5) is 39.4. The van der Waals surface area contributed by atoms with Crippen LogP contribution in [0.3, 0.4) is 0 Å². The predicted molar refractivity (Wildman–Crippen MR) is 129 cm³/mol. The van der Waals surface area contributed by atoms with E-state index in [1.54, 1.807) is 39.9 Å². The van der Waals surface area contributed by atoms with Gasteiger partial charge in [0.25, 0.3) is 5.91 Å². The molecular weight excluding hydrogens is 440 g/mol. The van der Waals surface area contributed by atoms with Crippen molar-refractivity contribution in [3.8, 4) is 0 Å². The number of halogens is 1. The van der Waals surface area contributed by atoms with Crippen molar-refractivity contribution in [2.24, 2.45) is 5.92 Å². The number of aryl methyl sites for hydroxylation is 3. The third kappa shape index (κ3) is 4.78. The van der Waals surface area contributed by atoms with Crippen molar-refractivity contribution >= 4 is 40.7 Å². The van der Waals surface area contributed by atoms with E-state index in [0.29, 0.717) is 28.5 Å². The second-order valence-electron chi connectivity index (χ2n) is 8.30. The highest BCUT2D eigenvalue weighted by atomic mass is 35.5. The summed E-state index contributed by atoms with van der Waals surface area (Å²) in [7, 11) is 0. The highest BCUT2D eigenvalue weighted by Gasteiger charge is 2.35. The zero-order chi connectivity index (χ0) is 23.7. The molecule has 170 valence electrons. The molecule has 1 atom stereocenters. The van der Waals surface area contributed by atoms with Crippen LogP contribution in [0.5, 0.6) is 0 Å². The van der Waals surface area contributed by atoms with Gasteiger partial charge < -0.3 is 10.2 Å². The summed E-state index contributed by atoms with van der Waals surface area (Å²) >= 11 is 6.19. The minimum absolute atomic E-state index is 0.113. The summed E-state index contributed by atoms with van der Waals surface area (Å²) in [6, 6.07) is 15.9. The van der Waals surface area contributed by atoms with E-state index in [0.717, 1.165) is 17.0 Å². The van der Waals surface area contributed by atoms with Gasteiger partial charge in [-0.2, -0.15) is 0 Å². The minimum Gasteiger partial charge on any atom is -0.326 e. The van der Waals surface area contributed by atoms with Gasteiger partial charge in [0.05, 0.1) is 5.92 Å². The number of nitrogens with zero attached hydrogens (tertiary/aromatic N) is 2. The summed E-state index contributed by atoms with van der Waals surface area (Å²) in [5.74, 6) is -1.07. The molecule has 0 bridgehead atoms. The number of carbonyl (C=O) groups is 3. The lowest BCUT2D eigenvalue weighted by Crippen LogP contribution is -2.28. The number of aromatic nitrogens is 1. The Morgan fingerprint density at radius 1 is 0.970 bits per heavy atom. The van der Waals surface area contributed by atoms with Gasteiger partial charge in [-0.05, 0) is 74.9 Å². The Kier molecular flexibility index (Phi) is 6.24. The molecular formula is C25H25ClN4O3. The van der Waals surface area contributed by atoms with Crippen molar-refractivity contribution in [3.05, 3.63) is 82.1 Å². The normalized spacial score (nSPS) is 15.6. The summed E-state index contributed by atoms with van der Waals surface area (Å²) in [6.45, 7) is 6.01. The third-order valence-electron chi connectivity index (χ3n) is 5.86. The number of carbonyl (C=O) groups excluding carboxylic acids is 3. The molecule has 0 saturated carbocycles. The Balaban J connectivity index is 1.38. The Morgan fingerprint density at radius 3 is 2.27 bits per heavy atom. The molecule has 1 aliphatic rings. The van der Waals surface area contributed by atoms with Gasteiger partial charge in [0.2, 0.25) is 11.8 Å². The van der Waals surface area contributed by atoms with Crippen LogP contribution in [0, 0.1) is 26.7 Å². The monoisotopic (exact) mass is 464 g/mol. The zero-order valence-electron chi connectivity index (χ0n) is 18.7. The van der Waals surface area contributed by atoms with Gasteiger partial charge in [-0.25, -0.2) is 0 Å². The maximum atomic E-state index is 12.8. The van der Waals surface area contributed by atoms with E-state index in [-0.39, 0.29) is 24.1 Å². The van der Waals surface area contributed by atoms with Crippen LogP contribution >= 0.6 is 11.6 Å². The van der Waals surface area contributed by atoms with E-state index in [1.807, 2.05) is 45.0 Å². The molecule has 4 rings (SSSR count). The maximum Gasteiger partial charge on any atom is 0.270 e. The number of amides is 3. The number of anilines is 2. The van der Waals surface area contributed by atoms with Crippen molar-refractivity contribution in [1.29, 1.82) is 0 Å². The molecule has 0 spiro atoms. The molecule has 0 unspecified atom stereocenters. The molecule has 1 fully saturated rings. The van der Waals surface area contributed by atoms with Crippen LogP contribution in [0.15, 0.2) is 54.6 Å². The Morgan fingerprint density at radius 2 is 1.64 bits per heavy atom. The Bertz CT molecular complexity index is 1210. The fourth-order valence-corrected chi connectivity index (χ4v) is 4.02. The second-order valence-corrected chi connectivity index (χ2v) is 8.71. The highest BCUT2D eigenvalue weighted by Crippen LogP contribution is 2.29. The average molecular weight is 465 g/mol. The molecule has 0 aliphatic carbocycles. The first-order valence-electron chi connectivity index (χ1n) is 10.7. The second kappa shape index (κ2) is 9.11. The molecule has 1 saturated heterocycles. The molecule has 7 nitrogen and oxygen atoms in total. The van der Waals surface area contributed by atoms with E-state index in [4.69, 9.17) is 11.6 Å². The quantitative estimate of drug-likeness (QED) is 0.585. The lowest BCUT2D eigenvalue weighted by molar-refractivity contribution is -0.122. The number of rotatable bonds is 5. The highest BCUT2D eigenvalue weighted by molar-refractivity contribution is 6.31. The van der Waals surface area contributed by atoms with Gasteiger partial charge in [0.15, 0.2) is 0 Å². The first-order chi connectivity index (χ1) is 15.7. The van der Waals surface area contributed by atoms with Crippen LogP contribution in [-0.4, -0.2) is 28.9 Å². The molecule has 8 heteroatoms. The van der Waals surface area contributed by atoms with Crippen LogP contribution in [-0.2, 0) is 9.59 Å². The van der Waals surface area contributed by atoms with Gasteiger partial charge in [-0.1, -0.05) is 17.7 Å². The van der Waals surface area contributed by atoms with E-state index >= 15 is 0 Å². The molecule has 2 heterocycles. The fraction of sp³-hybridized carbons (Fsp3) is 0.240. The van der Waals surface area contributed by atoms with Gasteiger partial charge in [-0.15, -0.1) is 0 Å². The number of nitrogens with one attached hydrogen (secondary N) is 2. The van der Waals surface area contributed by atoms with E-state index in [2.05, 4.69) is 10.7 Å². The standard InChI is InChI=1S/C25H25ClN4O3/c1-15-4-11-21(13-22(15)26)29-14-19(12-23(29)31)24(32)27-20-9-7-18(8-10-20)25(33)28-30-16(2)5-6-17(30)3/h4-11,13,19H,12,14H2,1-3H3,(H,27,32)(H,28,33)/t19-/m0/s1. The van der Waals surface area contributed by atoms with Crippen LogP contribution in [0.25, 0.3) is 0 Å². The topological polar surface area (TPSA) is 83.4 Å². The average Bonchev–Trinajstić information content (AvgIpc) is 3.33. The lowest BCUT2D eigenvalue weighted by atomic mass is 10.1. The lowest BCUT2D eigenvalue weighted by Gasteiger charge is -2.17. The summed E-state index contributed by atoms with van der Waals surface area (Å²) < 4.78 is 1.72. The first kappa shape index (κ1) is 22.6. The fourth-order valence-electron chi connectivity index (χ4n) is 3.84. The Hall–Kier alpha value is -3.58. The molecule has 1 aromatic heterocycles. The molecule has 3 aromatic rings. The summed E-state index contributed by atoms with van der Waals surface area (Å²) in [5.41, 5.74) is 7.36. The summed E-state index contributed by atoms with van der Waals surface area (Å²) in [6.07, 6.45) is 0.132. The van der Waals surface area contributed by atoms with Crippen molar-refractivity contribution in [2.75, 3.05) is 22.2 Å². The van der Waals surface area contributed by atoms with Crippen molar-refractivity contribution < 1.29 is 14.4 Å². The first-order valence-corrected chi connectivity index (χ1v) is 11.0. The zero-order valence-corrected chi connectivity index (χ0v) is 19.4. The molecule has 0 radical (unpaired) electrons. The van der Waals surface area contributed by atoms with E-state index in [9.17, 15) is 14.4 Å². The van der Waals surface area contributed by atoms with E-state index < -0.39 is 5.92 Å². The predicted octanol–water partition coefficient (Wildman–Crippen LogP) is 4.44. The number of hydrogen-bond acceptors (Lipinski definition) is 3. The Labute approximate surface area is 197 Å². The molecule has 2 N–H and O–H groups in total. The van der Waals surface area contributed by atoms with Crippen molar-refractivity contribution in [3.63, 3.8) is 0 Å². The SMILES string of the molecule is Cc1ccc(N2C[C@@H](C(=O)Nc3ccc(C(=O)Nn4c(C)ccc4C)cc3)CC2=O)cc1Cl. The summed E-state index contributed by atoms with van der Waals surface area (Å²) in [5, 5.41) is 3.43. The molecule has 2 aromatic carbocycles. The largest absolute Gasteiger partial charge is 0.326 e. The molecule has 1 aliphatic heterocycles. The smallest absolute Gasteiger partial charge is 0.270 e. The van der Waals surface area contributed by atoms with Crippen LogP contribution in [0.4, 0.5) is 11.4 Å². The third-order valence-corrected chi connectivity index (χ3v) is 6.27. The van der Waals surface area contributed by atoms with Crippen LogP contribution < -0.4 is 15.6 Å². The van der Waals surface area contributed by atoms with E-state index in [1.165, 1.54) is 0 Å². The minimum atomic E-state index is -0.472. The van der Waals surface area contributed by atoms with Crippen LogP contribution in [0.1, 0.15) is 33.7 Å². The molecule has 33 heavy (non-hydrogen) atoms. The van der Waals surface area contributed by atoms with Crippen molar-refractivity contribution in [1.82, 2.24) is 4.68 Å².